The predicted octanol–water partition coefficient (Wildman–Crippen LogP) is 6.03. The summed E-state index contributed by atoms with van der Waals surface area (Å²) in [5.74, 6) is -5.43. The summed E-state index contributed by atoms with van der Waals surface area (Å²) in [6.07, 6.45) is 3.46. The lowest BCUT2D eigenvalue weighted by molar-refractivity contribution is -0.664. The second kappa shape index (κ2) is 11.9. The van der Waals surface area contributed by atoms with Gasteiger partial charge in [-0.25, -0.2) is 9.59 Å². The zero-order valence-electron chi connectivity index (χ0n) is 26.7. The minimum absolute atomic E-state index is 0.337. The molecular formula is C35H37NO10. The van der Waals surface area contributed by atoms with Crippen molar-refractivity contribution < 1.29 is 48.8 Å². The Kier molecular flexibility index (Phi) is 8.47. The monoisotopic (exact) mass is 631 g/mol. The van der Waals surface area contributed by atoms with Gasteiger partial charge >= 0.3 is 11.9 Å². The topological polar surface area (TPSA) is 133 Å². The molecule has 3 aromatic carbocycles. The molecule has 2 atom stereocenters. The highest BCUT2D eigenvalue weighted by Crippen LogP contribution is 2.60. The lowest BCUT2D eigenvalue weighted by atomic mass is 9.59. The minimum atomic E-state index is -2.19. The number of ether oxygens (including phenoxy) is 2. The number of methoxy groups -OCH3 is 2. The second-order valence-corrected chi connectivity index (χ2v) is 12.0. The van der Waals surface area contributed by atoms with Crippen LogP contribution in [0.2, 0.25) is 0 Å². The standard InChI is InChI=1S/C35H37NO10/c1-22-8-14-25(15-9-22)36-29(31(39)40)28(30(37)38)34(5,24-12-18-27(42-7)19-13-24)35(45-43-32(2,3)44-46-35)33(36,4)21-20-23-10-16-26(41-6)17-11-23/h8-21H,1-7H3,(H,37,38)(H,39,40)/b21-20+. The number of anilines is 1. The molecule has 11 heteroatoms. The molecule has 1 saturated heterocycles. The molecule has 3 aromatic rings. The maximum Gasteiger partial charge on any atom is 0.353 e. The van der Waals surface area contributed by atoms with Gasteiger partial charge < -0.3 is 24.6 Å². The van der Waals surface area contributed by atoms with Gasteiger partial charge in [-0.05, 0) is 82.1 Å². The third-order valence-corrected chi connectivity index (χ3v) is 8.56. The van der Waals surface area contributed by atoms with E-state index in [1.165, 1.54) is 18.9 Å². The highest BCUT2D eigenvalue weighted by Gasteiger charge is 2.75. The molecular weight excluding hydrogens is 594 g/mol. The van der Waals surface area contributed by atoms with Crippen molar-refractivity contribution in [3.05, 3.63) is 107 Å². The van der Waals surface area contributed by atoms with Crippen molar-refractivity contribution >= 4 is 23.7 Å². The number of hydrogen-bond acceptors (Lipinski definition) is 9. The van der Waals surface area contributed by atoms with E-state index in [4.69, 9.17) is 29.0 Å². The quantitative estimate of drug-likeness (QED) is 0.283. The first-order chi connectivity index (χ1) is 21.7. The van der Waals surface area contributed by atoms with Gasteiger partial charge in [0, 0.05) is 5.69 Å². The Bertz CT molecular complexity index is 1670. The van der Waals surface area contributed by atoms with Gasteiger partial charge in [0.15, 0.2) is 0 Å². The number of carbonyl (C=O) groups is 2. The van der Waals surface area contributed by atoms with Crippen LogP contribution >= 0.6 is 0 Å². The summed E-state index contributed by atoms with van der Waals surface area (Å²) in [7, 11) is 3.07. The lowest BCUT2D eigenvalue weighted by Crippen LogP contribution is -2.78. The molecule has 1 fully saturated rings. The SMILES string of the molecule is COc1ccc(/C=C/C2(C)N(c3ccc(C)cc3)C(C(=O)O)=C(C(=O)O)C(C)(c3ccc(OC)cc3)C23OOC(C)(C)OO3)cc1. The summed E-state index contributed by atoms with van der Waals surface area (Å²) in [6, 6.07) is 20.7. The molecule has 46 heavy (non-hydrogen) atoms. The molecule has 1 spiro atoms. The van der Waals surface area contributed by atoms with Crippen molar-refractivity contribution in [3.63, 3.8) is 0 Å². The van der Waals surface area contributed by atoms with Crippen LogP contribution in [0.25, 0.3) is 6.08 Å². The van der Waals surface area contributed by atoms with Crippen LogP contribution in [-0.2, 0) is 34.6 Å². The van der Waals surface area contributed by atoms with Crippen molar-refractivity contribution in [1.29, 1.82) is 0 Å². The van der Waals surface area contributed by atoms with E-state index in [1.54, 1.807) is 101 Å². The first-order valence-electron chi connectivity index (χ1n) is 14.5. The van der Waals surface area contributed by atoms with Crippen molar-refractivity contribution in [3.8, 4) is 11.5 Å². The van der Waals surface area contributed by atoms with Crippen LogP contribution in [0.15, 0.2) is 90.1 Å². The number of aryl methyl sites for hydroxylation is 1. The van der Waals surface area contributed by atoms with Gasteiger partial charge in [-0.3, -0.25) is 0 Å². The molecule has 5 rings (SSSR count). The lowest BCUT2D eigenvalue weighted by Gasteiger charge is -2.62. The Balaban J connectivity index is 1.93. The molecule has 2 N–H and O–H groups in total. The minimum Gasteiger partial charge on any atom is -0.497 e. The van der Waals surface area contributed by atoms with E-state index >= 15 is 0 Å². The molecule has 2 unspecified atom stereocenters. The molecule has 242 valence electrons. The van der Waals surface area contributed by atoms with Crippen LogP contribution in [0.4, 0.5) is 5.69 Å². The van der Waals surface area contributed by atoms with Gasteiger partial charge in [-0.1, -0.05) is 54.1 Å². The smallest absolute Gasteiger partial charge is 0.353 e. The fourth-order valence-electron chi connectivity index (χ4n) is 6.11. The van der Waals surface area contributed by atoms with Crippen molar-refractivity contribution in [1.82, 2.24) is 0 Å². The molecule has 0 aromatic heterocycles. The Hall–Kier alpha value is -4.68. The molecule has 2 heterocycles. The summed E-state index contributed by atoms with van der Waals surface area (Å²) in [4.78, 5) is 52.4. The van der Waals surface area contributed by atoms with Gasteiger partial charge in [-0.2, -0.15) is 19.6 Å². The van der Waals surface area contributed by atoms with E-state index in [9.17, 15) is 19.8 Å². The van der Waals surface area contributed by atoms with E-state index in [0.717, 1.165) is 11.1 Å². The van der Waals surface area contributed by atoms with Crippen LogP contribution in [0, 0.1) is 6.92 Å². The molecule has 11 nitrogen and oxygen atoms in total. The summed E-state index contributed by atoms with van der Waals surface area (Å²) < 4.78 is 10.7. The highest BCUT2D eigenvalue weighted by molar-refractivity contribution is 6.05. The first-order valence-corrected chi connectivity index (χ1v) is 14.5. The van der Waals surface area contributed by atoms with Crippen LogP contribution in [-0.4, -0.2) is 53.5 Å². The Morgan fingerprint density at radius 1 is 0.739 bits per heavy atom. The third kappa shape index (κ3) is 5.21. The van der Waals surface area contributed by atoms with E-state index < -0.39 is 45.7 Å². The fourth-order valence-corrected chi connectivity index (χ4v) is 6.11. The summed E-state index contributed by atoms with van der Waals surface area (Å²) in [6.45, 7) is 8.23. The Labute approximate surface area is 267 Å². The molecule has 0 saturated carbocycles. The zero-order valence-corrected chi connectivity index (χ0v) is 26.7. The van der Waals surface area contributed by atoms with Crippen LogP contribution < -0.4 is 14.4 Å². The highest BCUT2D eigenvalue weighted by atomic mass is 17.4. The molecule has 0 aliphatic carbocycles. The van der Waals surface area contributed by atoms with Gasteiger partial charge in [0.05, 0.1) is 25.2 Å². The average molecular weight is 632 g/mol. The number of rotatable bonds is 8. The van der Waals surface area contributed by atoms with Gasteiger partial charge in [0.1, 0.15) is 22.7 Å². The van der Waals surface area contributed by atoms with Crippen LogP contribution in [0.5, 0.6) is 11.5 Å². The van der Waals surface area contributed by atoms with Crippen LogP contribution in [0.1, 0.15) is 44.4 Å². The van der Waals surface area contributed by atoms with Crippen molar-refractivity contribution in [2.45, 2.75) is 57.1 Å². The molecule has 0 amide bonds. The van der Waals surface area contributed by atoms with Crippen molar-refractivity contribution in [2.24, 2.45) is 0 Å². The number of nitrogens with zero attached hydrogens (tertiary/aromatic N) is 1. The number of carboxylic acid groups (broad SMARTS) is 2. The first kappa shape index (κ1) is 32.7. The van der Waals surface area contributed by atoms with Crippen molar-refractivity contribution in [2.75, 3.05) is 19.1 Å². The molecule has 2 aliphatic rings. The molecule has 0 radical (unpaired) electrons. The van der Waals surface area contributed by atoms with E-state index in [-0.39, 0.29) is 0 Å². The summed E-state index contributed by atoms with van der Waals surface area (Å²) in [5, 5.41) is 21.8. The van der Waals surface area contributed by atoms with Gasteiger partial charge in [-0.15, -0.1) is 0 Å². The normalized spacial score (nSPS) is 23.8. The number of benzene rings is 3. The number of aliphatic carboxylic acids is 2. The second-order valence-electron chi connectivity index (χ2n) is 12.0. The van der Waals surface area contributed by atoms with E-state index in [1.807, 2.05) is 19.1 Å². The predicted molar refractivity (Wildman–Crippen MR) is 168 cm³/mol. The third-order valence-electron chi connectivity index (χ3n) is 8.56. The Morgan fingerprint density at radius 3 is 1.74 bits per heavy atom. The largest absolute Gasteiger partial charge is 0.497 e. The van der Waals surface area contributed by atoms with E-state index in [2.05, 4.69) is 0 Å². The summed E-state index contributed by atoms with van der Waals surface area (Å²) >= 11 is 0. The summed E-state index contributed by atoms with van der Waals surface area (Å²) in [5.41, 5.74) is -2.26. The molecule has 0 bridgehead atoms. The Morgan fingerprint density at radius 2 is 1.26 bits per heavy atom. The van der Waals surface area contributed by atoms with Crippen LogP contribution in [0.3, 0.4) is 0 Å². The number of hydrogen-bond donors (Lipinski definition) is 2. The zero-order chi connectivity index (χ0) is 33.5. The maximum atomic E-state index is 13.4. The number of carboxylic acids is 2. The average Bonchev–Trinajstić information content (AvgIpc) is 3.03. The van der Waals surface area contributed by atoms with Gasteiger partial charge in [0.2, 0.25) is 5.79 Å². The maximum absolute atomic E-state index is 13.4. The van der Waals surface area contributed by atoms with E-state index in [0.29, 0.717) is 22.7 Å². The van der Waals surface area contributed by atoms with Gasteiger partial charge in [0.25, 0.3) is 5.79 Å². The fraction of sp³-hybridized carbons (Fsp3) is 0.314. The molecule has 2 aliphatic heterocycles.